The first kappa shape index (κ1) is 32.1. The van der Waals surface area contributed by atoms with Crippen molar-refractivity contribution in [1.29, 1.82) is 0 Å². The van der Waals surface area contributed by atoms with Crippen molar-refractivity contribution in [3.63, 3.8) is 0 Å². The van der Waals surface area contributed by atoms with Crippen LogP contribution in [0.3, 0.4) is 0 Å². The van der Waals surface area contributed by atoms with E-state index < -0.39 is 5.60 Å². The Kier molecular flexibility index (Phi) is 7.72. The van der Waals surface area contributed by atoms with E-state index in [2.05, 4.69) is 119 Å². The molecular weight excluding hydrogens is 637 g/mol. The van der Waals surface area contributed by atoms with Crippen molar-refractivity contribution in [2.75, 3.05) is 21.3 Å². The monoisotopic (exact) mass is 676 g/mol. The number of hydrogen-bond donors (Lipinski definition) is 0. The van der Waals surface area contributed by atoms with E-state index in [1.54, 1.807) is 33.1 Å². The van der Waals surface area contributed by atoms with Gasteiger partial charge in [-0.15, -0.1) is 0 Å². The zero-order valence-corrected chi connectivity index (χ0v) is 30.3. The molecule has 0 amide bonds. The van der Waals surface area contributed by atoms with Gasteiger partial charge in [0.2, 0.25) is 0 Å². The summed E-state index contributed by atoms with van der Waals surface area (Å²) in [6, 6.07) is 36.2. The average Bonchev–Trinajstić information content (AvgIpc) is 3.39. The average molecular weight is 677 g/mol. The van der Waals surface area contributed by atoms with Crippen LogP contribution >= 0.6 is 11.8 Å². The van der Waals surface area contributed by atoms with E-state index in [4.69, 9.17) is 18.9 Å². The van der Waals surface area contributed by atoms with Crippen molar-refractivity contribution in [3.8, 4) is 34.1 Å². The number of benzene rings is 6. The molecule has 0 spiro atoms. The Hall–Kier alpha value is -5.13. The second-order valence-corrected chi connectivity index (χ2v) is 14.7. The summed E-state index contributed by atoms with van der Waals surface area (Å²) in [7, 11) is 5.14. The van der Waals surface area contributed by atoms with Gasteiger partial charge in [-0.1, -0.05) is 98.4 Å². The van der Waals surface area contributed by atoms with Crippen LogP contribution in [0.5, 0.6) is 23.0 Å². The van der Waals surface area contributed by atoms with Gasteiger partial charge < -0.3 is 18.9 Å². The van der Waals surface area contributed by atoms with Gasteiger partial charge in [0.25, 0.3) is 0 Å². The fourth-order valence-corrected chi connectivity index (χ4v) is 9.02. The molecule has 1 aliphatic carbocycles. The molecule has 0 saturated carbocycles. The minimum Gasteiger partial charge on any atom is -0.497 e. The van der Waals surface area contributed by atoms with E-state index in [0.29, 0.717) is 0 Å². The number of rotatable bonds is 7. The molecule has 50 heavy (non-hydrogen) atoms. The van der Waals surface area contributed by atoms with E-state index in [1.165, 1.54) is 38.3 Å². The Labute approximate surface area is 298 Å². The summed E-state index contributed by atoms with van der Waals surface area (Å²) in [6.45, 7) is 9.02. The van der Waals surface area contributed by atoms with Crippen LogP contribution < -0.4 is 18.9 Å². The zero-order chi connectivity index (χ0) is 34.8. The molecule has 8 rings (SSSR count). The van der Waals surface area contributed by atoms with Crippen molar-refractivity contribution >= 4 is 28.6 Å². The van der Waals surface area contributed by atoms with E-state index in [-0.39, 0.29) is 5.41 Å². The number of ether oxygens (including phenoxy) is 4. The van der Waals surface area contributed by atoms with E-state index in [1.807, 2.05) is 24.3 Å². The van der Waals surface area contributed by atoms with Gasteiger partial charge in [0.1, 0.15) is 23.0 Å². The third-order valence-electron chi connectivity index (χ3n) is 10.5. The predicted octanol–water partition coefficient (Wildman–Crippen LogP) is 11.3. The van der Waals surface area contributed by atoms with E-state index in [0.717, 1.165) is 55.4 Å². The molecule has 0 saturated heterocycles. The molecule has 5 heteroatoms. The van der Waals surface area contributed by atoms with Crippen molar-refractivity contribution in [2.24, 2.45) is 0 Å². The summed E-state index contributed by atoms with van der Waals surface area (Å²) < 4.78 is 24.8. The van der Waals surface area contributed by atoms with Crippen LogP contribution in [0, 0.1) is 13.8 Å². The fraction of sp³-hybridized carbons (Fsp3) is 0.200. The van der Waals surface area contributed by atoms with Gasteiger partial charge in [-0.3, -0.25) is 0 Å². The van der Waals surface area contributed by atoms with E-state index >= 15 is 0 Å². The second kappa shape index (κ2) is 12.0. The molecule has 6 aromatic carbocycles. The molecule has 2 aliphatic rings. The van der Waals surface area contributed by atoms with Gasteiger partial charge in [-0.05, 0) is 95.1 Å². The molecule has 1 aliphatic heterocycles. The second-order valence-electron chi connectivity index (χ2n) is 13.7. The van der Waals surface area contributed by atoms with Crippen LogP contribution in [0.25, 0.3) is 28.0 Å². The third kappa shape index (κ3) is 4.82. The maximum Gasteiger partial charge on any atom is 0.178 e. The standard InChI is InChI=1S/C45H40O4S/c1-27-11-10-12-28(2)43(27)50-39-26-35-36(25-38(39)48-7)42-34(41-40(35)33-13-8-9-14-37(33)44(41,3)4)23-24-45(49-42,29-15-19-31(46-5)20-16-29)30-17-21-32(47-6)22-18-30/h8-26H,1-7H3. The van der Waals surface area contributed by atoms with Gasteiger partial charge in [0.05, 0.1) is 26.2 Å². The number of fused-ring (bicyclic) bond motifs is 8. The van der Waals surface area contributed by atoms with Crippen molar-refractivity contribution in [3.05, 3.63) is 148 Å². The van der Waals surface area contributed by atoms with Crippen molar-refractivity contribution in [1.82, 2.24) is 0 Å². The molecular formula is C45H40O4S. The minimum absolute atomic E-state index is 0.252. The maximum atomic E-state index is 7.53. The van der Waals surface area contributed by atoms with Gasteiger partial charge >= 0.3 is 0 Å². The van der Waals surface area contributed by atoms with Crippen LogP contribution in [-0.4, -0.2) is 21.3 Å². The lowest BCUT2D eigenvalue weighted by atomic mass is 9.77. The minimum atomic E-state index is -0.915. The first-order chi connectivity index (χ1) is 24.2. The van der Waals surface area contributed by atoms with Gasteiger partial charge in [-0.2, -0.15) is 0 Å². The van der Waals surface area contributed by atoms with Crippen LogP contribution in [0.2, 0.25) is 0 Å². The molecule has 0 N–H and O–H groups in total. The molecule has 1 heterocycles. The summed E-state index contributed by atoms with van der Waals surface area (Å²) in [4.78, 5) is 2.32. The fourth-order valence-electron chi connectivity index (χ4n) is 7.92. The zero-order valence-electron chi connectivity index (χ0n) is 29.5. The molecule has 6 aromatic rings. The topological polar surface area (TPSA) is 36.9 Å². The molecule has 0 bridgehead atoms. The summed E-state index contributed by atoms with van der Waals surface area (Å²) in [5.41, 5.74) is 9.55. The summed E-state index contributed by atoms with van der Waals surface area (Å²) in [5, 5.41) is 2.17. The molecule has 0 aromatic heterocycles. The summed E-state index contributed by atoms with van der Waals surface area (Å²) in [6.07, 6.45) is 4.50. The van der Waals surface area contributed by atoms with Crippen molar-refractivity contribution < 1.29 is 18.9 Å². The Morgan fingerprint density at radius 2 is 1.28 bits per heavy atom. The summed E-state index contributed by atoms with van der Waals surface area (Å²) in [5.74, 6) is 3.24. The van der Waals surface area contributed by atoms with Crippen LogP contribution in [-0.2, 0) is 11.0 Å². The molecule has 0 unspecified atom stereocenters. The highest BCUT2D eigenvalue weighted by Gasteiger charge is 2.44. The lowest BCUT2D eigenvalue weighted by Crippen LogP contribution is -2.35. The highest BCUT2D eigenvalue weighted by Crippen LogP contribution is 2.59. The molecule has 4 nitrogen and oxygen atoms in total. The maximum absolute atomic E-state index is 7.53. The predicted molar refractivity (Wildman–Crippen MR) is 205 cm³/mol. The van der Waals surface area contributed by atoms with Crippen molar-refractivity contribution in [2.45, 2.75) is 48.5 Å². The Morgan fingerprint density at radius 3 is 1.88 bits per heavy atom. The summed E-state index contributed by atoms with van der Waals surface area (Å²) >= 11 is 1.77. The largest absolute Gasteiger partial charge is 0.497 e. The highest BCUT2D eigenvalue weighted by molar-refractivity contribution is 7.99. The number of hydrogen-bond acceptors (Lipinski definition) is 5. The van der Waals surface area contributed by atoms with Crippen LogP contribution in [0.1, 0.15) is 52.8 Å². The first-order valence-electron chi connectivity index (χ1n) is 16.9. The third-order valence-corrected chi connectivity index (χ3v) is 11.9. The SMILES string of the molecule is COc1ccc(C2(c3ccc(OC)cc3)C=Cc3c4c(c5cc(Sc6c(C)cccc6C)c(OC)cc5c3O2)-c2ccccc2C4(C)C)cc1. The first-order valence-corrected chi connectivity index (χ1v) is 17.7. The Morgan fingerprint density at radius 1 is 0.660 bits per heavy atom. The van der Waals surface area contributed by atoms with E-state index in [9.17, 15) is 0 Å². The number of aryl methyl sites for hydroxylation is 2. The van der Waals surface area contributed by atoms with Crippen LogP contribution in [0.15, 0.2) is 119 Å². The number of methoxy groups -OCH3 is 3. The quantitative estimate of drug-likeness (QED) is 0.168. The molecule has 0 atom stereocenters. The normalized spacial score (nSPS) is 14.8. The molecule has 250 valence electrons. The Bertz CT molecular complexity index is 2250. The smallest absolute Gasteiger partial charge is 0.178 e. The highest BCUT2D eigenvalue weighted by atomic mass is 32.2. The van der Waals surface area contributed by atoms with Gasteiger partial charge in [0, 0.05) is 32.4 Å². The lowest BCUT2D eigenvalue weighted by Gasteiger charge is -2.38. The lowest BCUT2D eigenvalue weighted by molar-refractivity contribution is 0.163. The molecule has 0 fully saturated rings. The Balaban J connectivity index is 1.43. The van der Waals surface area contributed by atoms with Gasteiger partial charge in [-0.25, -0.2) is 0 Å². The molecule has 0 radical (unpaired) electrons. The van der Waals surface area contributed by atoms with Crippen LogP contribution in [0.4, 0.5) is 0 Å². The van der Waals surface area contributed by atoms with Gasteiger partial charge in [0.15, 0.2) is 5.60 Å².